The van der Waals surface area contributed by atoms with Crippen molar-refractivity contribution < 1.29 is 17.5 Å². The average Bonchev–Trinajstić information content (AvgIpc) is 2.22. The zero-order chi connectivity index (χ0) is 21.1. The summed E-state index contributed by atoms with van der Waals surface area (Å²) >= 11 is 0. The van der Waals surface area contributed by atoms with E-state index < -0.39 is 28.0 Å². The molecule has 0 atom stereocenters. The van der Waals surface area contributed by atoms with E-state index in [1.54, 1.807) is 0 Å². The van der Waals surface area contributed by atoms with E-state index in [1.165, 1.54) is 0 Å². The Bertz CT molecular complexity index is 335. The smallest absolute Gasteiger partial charge is 0.264 e. The highest BCUT2D eigenvalue weighted by atomic mass is 32.3. The van der Waals surface area contributed by atoms with Crippen molar-refractivity contribution in [3.05, 3.63) is 0 Å². The standard InChI is InChI=1S/2C9H22Si.H2O4S/c2*1-7(2)10(8(3)4)9(5)6;1-5(2,3)4/h2*7-10H,1-6H3;(H2,1,2,3,4). The van der Waals surface area contributed by atoms with Crippen LogP contribution >= 0.6 is 0 Å². The Balaban J connectivity index is -0.000000308. The van der Waals surface area contributed by atoms with Crippen molar-refractivity contribution in [2.45, 2.75) is 116 Å². The van der Waals surface area contributed by atoms with Crippen LogP contribution in [0.2, 0.25) is 33.2 Å². The highest BCUT2D eigenvalue weighted by Gasteiger charge is 2.22. The third-order valence-electron chi connectivity index (χ3n) is 4.62. The van der Waals surface area contributed by atoms with Crippen LogP contribution in [0.5, 0.6) is 0 Å². The second-order valence-corrected chi connectivity index (χ2v) is 20.3. The number of rotatable bonds is 6. The van der Waals surface area contributed by atoms with Crippen LogP contribution in [0.1, 0.15) is 83.1 Å². The molecular formula is C18H46O4SSi2. The first-order chi connectivity index (χ1) is 10.9. The van der Waals surface area contributed by atoms with Crippen molar-refractivity contribution in [3.63, 3.8) is 0 Å². The van der Waals surface area contributed by atoms with Gasteiger partial charge in [0.1, 0.15) is 0 Å². The van der Waals surface area contributed by atoms with Gasteiger partial charge in [0.25, 0.3) is 0 Å². The van der Waals surface area contributed by atoms with Gasteiger partial charge in [-0.25, -0.2) is 0 Å². The molecule has 25 heavy (non-hydrogen) atoms. The van der Waals surface area contributed by atoms with Crippen LogP contribution in [0.3, 0.4) is 0 Å². The molecular weight excluding hydrogens is 368 g/mol. The van der Waals surface area contributed by atoms with E-state index >= 15 is 0 Å². The minimum Gasteiger partial charge on any atom is -0.264 e. The van der Waals surface area contributed by atoms with Crippen molar-refractivity contribution in [1.29, 1.82) is 0 Å². The Morgan fingerprint density at radius 1 is 0.480 bits per heavy atom. The summed E-state index contributed by atoms with van der Waals surface area (Å²) in [5.74, 6) is 0. The van der Waals surface area contributed by atoms with Gasteiger partial charge in [-0.15, -0.1) is 0 Å². The molecule has 0 heterocycles. The lowest BCUT2D eigenvalue weighted by atomic mass is 10.5. The average molecular weight is 415 g/mol. The largest absolute Gasteiger partial charge is 0.394 e. The summed E-state index contributed by atoms with van der Waals surface area (Å²) in [4.78, 5) is 0. The van der Waals surface area contributed by atoms with E-state index in [4.69, 9.17) is 17.5 Å². The Morgan fingerprint density at radius 3 is 0.560 bits per heavy atom. The molecule has 0 spiro atoms. The Labute approximate surface area is 162 Å². The lowest BCUT2D eigenvalue weighted by Crippen LogP contribution is -2.24. The highest BCUT2D eigenvalue weighted by Crippen LogP contribution is 2.29. The van der Waals surface area contributed by atoms with Gasteiger partial charge < -0.3 is 0 Å². The Morgan fingerprint density at radius 2 is 0.560 bits per heavy atom. The molecule has 7 heteroatoms. The van der Waals surface area contributed by atoms with E-state index in [0.717, 1.165) is 33.2 Å². The molecule has 0 aromatic carbocycles. The van der Waals surface area contributed by atoms with Crippen molar-refractivity contribution in [2.75, 3.05) is 0 Å². The minimum absolute atomic E-state index is 0.454. The van der Waals surface area contributed by atoms with E-state index in [2.05, 4.69) is 83.1 Å². The fourth-order valence-corrected chi connectivity index (χ4v) is 13.9. The summed E-state index contributed by atoms with van der Waals surface area (Å²) in [5.41, 5.74) is 5.83. The molecule has 2 N–H and O–H groups in total. The summed E-state index contributed by atoms with van der Waals surface area (Å²) < 4.78 is 31.6. The molecule has 0 saturated carbocycles. The van der Waals surface area contributed by atoms with Crippen LogP contribution in [0, 0.1) is 0 Å². The zero-order valence-electron chi connectivity index (χ0n) is 18.7. The fourth-order valence-electron chi connectivity index (χ4n) is 4.62. The van der Waals surface area contributed by atoms with Crippen LogP contribution in [0.4, 0.5) is 0 Å². The van der Waals surface area contributed by atoms with Crippen LogP contribution in [0.15, 0.2) is 0 Å². The van der Waals surface area contributed by atoms with E-state index in [-0.39, 0.29) is 0 Å². The van der Waals surface area contributed by atoms with Crippen molar-refractivity contribution >= 4 is 28.0 Å². The van der Waals surface area contributed by atoms with E-state index in [9.17, 15) is 0 Å². The summed E-state index contributed by atoms with van der Waals surface area (Å²) in [6, 6.07) is 0. The molecule has 0 radical (unpaired) electrons. The molecule has 0 fully saturated rings. The normalized spacial score (nSPS) is 12.4. The summed E-state index contributed by atoms with van der Waals surface area (Å²) in [5, 5.41) is 0. The summed E-state index contributed by atoms with van der Waals surface area (Å²) in [6.07, 6.45) is 0. The van der Waals surface area contributed by atoms with Crippen LogP contribution in [-0.4, -0.2) is 35.1 Å². The molecule has 0 amide bonds. The molecule has 0 aliphatic rings. The first-order valence-electron chi connectivity index (χ1n) is 9.63. The quantitative estimate of drug-likeness (QED) is 0.399. The molecule has 0 unspecified atom stereocenters. The second-order valence-electron chi connectivity index (χ2n) is 9.07. The van der Waals surface area contributed by atoms with Gasteiger partial charge in [0.2, 0.25) is 0 Å². The molecule has 0 bridgehead atoms. The lowest BCUT2D eigenvalue weighted by Gasteiger charge is -2.26. The van der Waals surface area contributed by atoms with E-state index in [0.29, 0.717) is 0 Å². The molecule has 4 nitrogen and oxygen atoms in total. The third kappa shape index (κ3) is 20.5. The SMILES string of the molecule is CC(C)[SiH](C(C)C)C(C)C.CC(C)[SiH](C(C)C)C(C)C.O=S(=O)(O)O. The van der Waals surface area contributed by atoms with Crippen LogP contribution in [-0.2, 0) is 10.4 Å². The van der Waals surface area contributed by atoms with Gasteiger partial charge in [-0.05, 0) is 0 Å². The van der Waals surface area contributed by atoms with Gasteiger partial charge >= 0.3 is 10.4 Å². The molecule has 0 aromatic heterocycles. The molecule has 0 aliphatic heterocycles. The highest BCUT2D eigenvalue weighted by molar-refractivity contribution is 7.79. The monoisotopic (exact) mass is 414 g/mol. The van der Waals surface area contributed by atoms with Gasteiger partial charge in [0, 0.05) is 17.6 Å². The third-order valence-corrected chi connectivity index (χ3v) is 13.9. The fraction of sp³-hybridized carbons (Fsp3) is 1.00. The van der Waals surface area contributed by atoms with Gasteiger partial charge in [-0.1, -0.05) is 116 Å². The van der Waals surface area contributed by atoms with Crippen molar-refractivity contribution in [2.24, 2.45) is 0 Å². The first-order valence-corrected chi connectivity index (χ1v) is 15.0. The van der Waals surface area contributed by atoms with Gasteiger partial charge in [0.05, 0.1) is 0 Å². The zero-order valence-corrected chi connectivity index (χ0v) is 21.9. The molecule has 156 valence electrons. The van der Waals surface area contributed by atoms with Crippen molar-refractivity contribution in [1.82, 2.24) is 0 Å². The maximum atomic E-state index is 8.74. The predicted molar refractivity (Wildman–Crippen MR) is 119 cm³/mol. The Hall–Kier alpha value is 0.304. The Kier molecular flexibility index (Phi) is 17.3. The van der Waals surface area contributed by atoms with Crippen LogP contribution in [0.25, 0.3) is 0 Å². The molecule has 0 rings (SSSR count). The number of hydrogen-bond donors (Lipinski definition) is 2. The summed E-state index contributed by atoms with van der Waals surface area (Å²) in [6.45, 7) is 28.6. The van der Waals surface area contributed by atoms with Crippen LogP contribution < -0.4 is 0 Å². The van der Waals surface area contributed by atoms with E-state index in [1.807, 2.05) is 0 Å². The van der Waals surface area contributed by atoms with Crippen molar-refractivity contribution in [3.8, 4) is 0 Å². The molecule has 0 aromatic rings. The van der Waals surface area contributed by atoms with Gasteiger partial charge in [-0.2, -0.15) is 8.42 Å². The lowest BCUT2D eigenvalue weighted by molar-refractivity contribution is 0.381. The maximum Gasteiger partial charge on any atom is 0.394 e. The second kappa shape index (κ2) is 14.4. The van der Waals surface area contributed by atoms with Gasteiger partial charge in [-0.3, -0.25) is 9.11 Å². The maximum absolute atomic E-state index is 8.74. The number of hydrogen-bond acceptors (Lipinski definition) is 2. The topological polar surface area (TPSA) is 74.6 Å². The predicted octanol–water partition coefficient (Wildman–Crippen LogP) is 6.23. The molecule has 0 aliphatic carbocycles. The summed E-state index contributed by atoms with van der Waals surface area (Å²) in [7, 11) is -5.57. The minimum atomic E-state index is -4.67. The first kappa shape index (κ1) is 30.0. The molecule has 0 saturated heterocycles. The van der Waals surface area contributed by atoms with Gasteiger partial charge in [0.15, 0.2) is 0 Å².